The molecule has 0 bridgehead atoms. The summed E-state index contributed by atoms with van der Waals surface area (Å²) in [6.45, 7) is 6.26. The van der Waals surface area contributed by atoms with Gasteiger partial charge in [0.2, 0.25) is 0 Å². The molecule has 180 valence electrons. The molecule has 1 saturated carbocycles. The molecule has 2 aromatic heterocycles. The minimum absolute atomic E-state index is 0.497. The van der Waals surface area contributed by atoms with E-state index in [1.807, 2.05) is 56.3 Å². The predicted molar refractivity (Wildman–Crippen MR) is 142 cm³/mol. The van der Waals surface area contributed by atoms with E-state index in [1.54, 1.807) is 12.5 Å². The fraction of sp³-hybridized carbons (Fsp3) is 0.276. The van der Waals surface area contributed by atoms with Gasteiger partial charge in [0.25, 0.3) is 0 Å². The number of nitrogens with zero attached hydrogens (tertiary/aromatic N) is 4. The second-order valence-electron chi connectivity index (χ2n) is 9.87. The Bertz CT molecular complexity index is 1510. The minimum Gasteiger partial charge on any atom is -0.455 e. The van der Waals surface area contributed by atoms with Crippen LogP contribution in [0.1, 0.15) is 16.8 Å². The van der Waals surface area contributed by atoms with Crippen molar-refractivity contribution in [1.29, 1.82) is 0 Å². The normalized spacial score (nSPS) is 20.5. The maximum atomic E-state index is 6.40. The van der Waals surface area contributed by atoms with Gasteiger partial charge in [-0.15, -0.1) is 0 Å². The number of ether oxygens (including phenoxy) is 1. The Morgan fingerprint density at radius 3 is 2.61 bits per heavy atom. The standard InChI is InChI=1S/C29H28N6O/c1-17-10-20(6-9-28(17)36-21-7-4-18(2)31-13-21)34-29-23-12-26(30)19(11-27(23)32-16-33-29)5-8-22-24-14-35(3)15-25(22)24/h4,6-7,9-13,16,22,24-25H,14-15,30H2,1-3H3,(H,32,33,34)/t22-,24-,25+. The fourth-order valence-corrected chi connectivity index (χ4v) is 5.06. The average molecular weight is 477 g/mol. The van der Waals surface area contributed by atoms with Crippen LogP contribution in [0.25, 0.3) is 10.9 Å². The van der Waals surface area contributed by atoms with E-state index >= 15 is 0 Å². The summed E-state index contributed by atoms with van der Waals surface area (Å²) in [4.78, 5) is 15.6. The largest absolute Gasteiger partial charge is 0.455 e. The Morgan fingerprint density at radius 2 is 1.86 bits per heavy atom. The van der Waals surface area contributed by atoms with Crippen LogP contribution in [0.15, 0.2) is 55.0 Å². The number of nitrogens with two attached hydrogens (primary N) is 1. The molecule has 1 aliphatic carbocycles. The van der Waals surface area contributed by atoms with Crippen LogP contribution in [0.2, 0.25) is 0 Å². The molecule has 3 atom stereocenters. The molecule has 2 fully saturated rings. The van der Waals surface area contributed by atoms with Crippen LogP contribution in [0.3, 0.4) is 0 Å². The van der Waals surface area contributed by atoms with Gasteiger partial charge in [0.05, 0.1) is 11.7 Å². The summed E-state index contributed by atoms with van der Waals surface area (Å²) in [6.07, 6.45) is 3.29. The molecule has 7 nitrogen and oxygen atoms in total. The van der Waals surface area contributed by atoms with Crippen LogP contribution < -0.4 is 15.8 Å². The van der Waals surface area contributed by atoms with Gasteiger partial charge < -0.3 is 20.7 Å². The Hall–Kier alpha value is -4.15. The van der Waals surface area contributed by atoms with Gasteiger partial charge in [0.15, 0.2) is 0 Å². The lowest BCUT2D eigenvalue weighted by Gasteiger charge is -2.13. The van der Waals surface area contributed by atoms with Crippen molar-refractivity contribution in [3.8, 4) is 23.3 Å². The van der Waals surface area contributed by atoms with E-state index in [0.29, 0.717) is 23.2 Å². The van der Waals surface area contributed by atoms with Gasteiger partial charge in [0.1, 0.15) is 23.6 Å². The molecule has 36 heavy (non-hydrogen) atoms. The highest BCUT2D eigenvalue weighted by Gasteiger charge is 2.53. The van der Waals surface area contributed by atoms with Crippen LogP contribution >= 0.6 is 0 Å². The van der Waals surface area contributed by atoms with Crippen LogP contribution in [0, 0.1) is 43.4 Å². The summed E-state index contributed by atoms with van der Waals surface area (Å²) in [6, 6.07) is 13.7. The van der Waals surface area contributed by atoms with Gasteiger partial charge in [-0.3, -0.25) is 4.98 Å². The molecule has 0 spiro atoms. The molecule has 0 amide bonds. The monoisotopic (exact) mass is 476 g/mol. The van der Waals surface area contributed by atoms with E-state index in [1.165, 1.54) is 0 Å². The first-order valence-electron chi connectivity index (χ1n) is 12.2. The van der Waals surface area contributed by atoms with Crippen molar-refractivity contribution < 1.29 is 4.74 Å². The SMILES string of the molecule is Cc1ccc(Oc2ccc(Nc3ncnc4cc(C#C[C@@H]5[C@H]6CN(C)C[C@@H]56)c(N)cc34)cc2C)cn1. The highest BCUT2D eigenvalue weighted by Crippen LogP contribution is 2.50. The van der Waals surface area contributed by atoms with Crippen molar-refractivity contribution >= 4 is 28.1 Å². The molecule has 0 unspecified atom stereocenters. The number of nitrogens with one attached hydrogen (secondary N) is 1. The Balaban J connectivity index is 1.21. The van der Waals surface area contributed by atoms with Gasteiger partial charge in [-0.1, -0.05) is 11.8 Å². The Labute approximate surface area is 210 Å². The van der Waals surface area contributed by atoms with Gasteiger partial charge in [0, 0.05) is 47.0 Å². The molecule has 7 heteroatoms. The molecule has 3 heterocycles. The summed E-state index contributed by atoms with van der Waals surface area (Å²) in [7, 11) is 2.18. The minimum atomic E-state index is 0.497. The van der Waals surface area contributed by atoms with Gasteiger partial charge >= 0.3 is 0 Å². The summed E-state index contributed by atoms with van der Waals surface area (Å²) in [5.74, 6) is 10.9. The molecule has 4 aromatic rings. The molecule has 1 aliphatic heterocycles. The van der Waals surface area contributed by atoms with E-state index in [9.17, 15) is 0 Å². The zero-order valence-electron chi connectivity index (χ0n) is 20.6. The summed E-state index contributed by atoms with van der Waals surface area (Å²) in [5.41, 5.74) is 11.5. The highest BCUT2D eigenvalue weighted by molar-refractivity contribution is 5.94. The number of hydrogen-bond donors (Lipinski definition) is 2. The number of rotatable bonds is 4. The number of anilines is 3. The zero-order valence-corrected chi connectivity index (χ0v) is 20.6. The second kappa shape index (κ2) is 8.81. The quantitative estimate of drug-likeness (QED) is 0.319. The molecule has 1 saturated heterocycles. The number of piperidine rings is 1. The fourth-order valence-electron chi connectivity index (χ4n) is 5.06. The zero-order chi connectivity index (χ0) is 24.8. The maximum absolute atomic E-state index is 6.40. The highest BCUT2D eigenvalue weighted by atomic mass is 16.5. The molecule has 6 rings (SSSR count). The van der Waals surface area contributed by atoms with Crippen molar-refractivity contribution in [2.45, 2.75) is 13.8 Å². The van der Waals surface area contributed by atoms with Crippen molar-refractivity contribution in [2.24, 2.45) is 17.8 Å². The lowest BCUT2D eigenvalue weighted by molar-refractivity contribution is 0.360. The van der Waals surface area contributed by atoms with E-state index in [0.717, 1.165) is 64.1 Å². The Morgan fingerprint density at radius 1 is 1.03 bits per heavy atom. The van der Waals surface area contributed by atoms with Crippen LogP contribution in [-0.2, 0) is 0 Å². The first-order chi connectivity index (χ1) is 17.4. The summed E-state index contributed by atoms with van der Waals surface area (Å²) < 4.78 is 5.99. The third-order valence-corrected chi connectivity index (χ3v) is 7.11. The molecular weight excluding hydrogens is 448 g/mol. The number of aryl methyl sites for hydroxylation is 2. The number of benzene rings is 2. The van der Waals surface area contributed by atoms with E-state index in [2.05, 4.69) is 44.1 Å². The van der Waals surface area contributed by atoms with E-state index < -0.39 is 0 Å². The van der Waals surface area contributed by atoms with Crippen molar-refractivity contribution in [3.63, 3.8) is 0 Å². The van der Waals surface area contributed by atoms with Crippen LogP contribution in [0.5, 0.6) is 11.5 Å². The smallest absolute Gasteiger partial charge is 0.145 e. The predicted octanol–water partition coefficient (Wildman–Crippen LogP) is 4.92. The van der Waals surface area contributed by atoms with Gasteiger partial charge in [-0.25, -0.2) is 9.97 Å². The van der Waals surface area contributed by atoms with Crippen molar-refractivity contribution in [1.82, 2.24) is 19.9 Å². The summed E-state index contributed by atoms with van der Waals surface area (Å²) in [5, 5.41) is 4.26. The maximum Gasteiger partial charge on any atom is 0.145 e. The number of aromatic nitrogens is 3. The average Bonchev–Trinajstić information content (AvgIpc) is 3.32. The third kappa shape index (κ3) is 4.32. The van der Waals surface area contributed by atoms with Crippen molar-refractivity contribution in [3.05, 3.63) is 71.8 Å². The molecule has 2 aromatic carbocycles. The topological polar surface area (TPSA) is 89.2 Å². The Kier molecular flexibility index (Phi) is 5.46. The number of likely N-dealkylation sites (tertiary alicyclic amines) is 1. The molecule has 2 aliphatic rings. The van der Waals surface area contributed by atoms with Gasteiger partial charge in [-0.05, 0) is 80.8 Å². The second-order valence-corrected chi connectivity index (χ2v) is 9.87. The number of hydrogen-bond acceptors (Lipinski definition) is 7. The third-order valence-electron chi connectivity index (χ3n) is 7.11. The number of pyridine rings is 1. The molecule has 3 N–H and O–H groups in total. The van der Waals surface area contributed by atoms with Gasteiger partial charge in [-0.2, -0.15) is 0 Å². The first kappa shape index (κ1) is 22.3. The van der Waals surface area contributed by atoms with E-state index in [4.69, 9.17) is 10.5 Å². The van der Waals surface area contributed by atoms with E-state index in [-0.39, 0.29) is 0 Å². The first-order valence-corrected chi connectivity index (χ1v) is 12.2. The summed E-state index contributed by atoms with van der Waals surface area (Å²) >= 11 is 0. The number of fused-ring (bicyclic) bond motifs is 2. The van der Waals surface area contributed by atoms with Crippen LogP contribution in [-0.4, -0.2) is 40.0 Å². The lowest BCUT2D eigenvalue weighted by atomic mass is 10.1. The molecular formula is C29H28N6O. The number of nitrogen functional groups attached to an aromatic ring is 1. The van der Waals surface area contributed by atoms with Crippen molar-refractivity contribution in [2.75, 3.05) is 31.2 Å². The lowest BCUT2D eigenvalue weighted by Crippen LogP contribution is -2.18. The molecule has 0 radical (unpaired) electrons. The van der Waals surface area contributed by atoms with Crippen LogP contribution in [0.4, 0.5) is 17.2 Å².